The zero-order valence-electron chi connectivity index (χ0n) is 8.80. The number of hydrogen-bond donors (Lipinski definition) is 0. The van der Waals surface area contributed by atoms with Crippen LogP contribution in [-0.4, -0.2) is 12.9 Å². The number of halogens is 2. The van der Waals surface area contributed by atoms with E-state index in [1.54, 1.807) is 19.9 Å². The topological polar surface area (TPSA) is 26.3 Å². The Hall–Kier alpha value is -0.900. The van der Waals surface area contributed by atoms with E-state index in [9.17, 15) is 9.18 Å². The number of carbonyl (C=O) groups excluding carboxylic acids is 1. The molecule has 0 aliphatic rings. The highest BCUT2D eigenvalue weighted by molar-refractivity contribution is 9.10. The van der Waals surface area contributed by atoms with Crippen LogP contribution in [-0.2, 0) is 0 Å². The Labute approximate surface area is 96.6 Å². The molecule has 0 unspecified atom stereocenters. The molecular weight excluding hydrogens is 263 g/mol. The summed E-state index contributed by atoms with van der Waals surface area (Å²) in [5.74, 6) is -0.645. The van der Waals surface area contributed by atoms with Gasteiger partial charge in [-0.2, -0.15) is 0 Å². The lowest BCUT2D eigenvalue weighted by Gasteiger charge is -2.08. The minimum Gasteiger partial charge on any atom is -0.492 e. The summed E-state index contributed by atoms with van der Waals surface area (Å²) in [6.45, 7) is 3.55. The van der Waals surface area contributed by atoms with Gasteiger partial charge in [0.05, 0.1) is 11.6 Å². The molecule has 0 spiro atoms. The highest BCUT2D eigenvalue weighted by Gasteiger charge is 2.16. The highest BCUT2D eigenvalue weighted by Crippen LogP contribution is 2.30. The first-order valence-electron chi connectivity index (χ1n) is 4.54. The normalized spacial score (nSPS) is 10.5. The molecule has 2 nitrogen and oxygen atoms in total. The zero-order valence-corrected chi connectivity index (χ0v) is 10.4. The molecular formula is C11H12BrFO2. The minimum atomic E-state index is -0.532. The molecule has 0 radical (unpaired) electrons. The maximum Gasteiger partial charge on any atom is 0.168 e. The summed E-state index contributed by atoms with van der Waals surface area (Å²) < 4.78 is 18.7. The van der Waals surface area contributed by atoms with E-state index < -0.39 is 5.82 Å². The monoisotopic (exact) mass is 274 g/mol. The summed E-state index contributed by atoms with van der Waals surface area (Å²) in [6.07, 6.45) is 0. The molecule has 0 saturated heterocycles. The number of Topliss-reactive ketones (excluding diaryl/α,β-unsaturated/α-hetero) is 1. The average molecular weight is 275 g/mol. The second-order valence-electron chi connectivity index (χ2n) is 3.49. The smallest absolute Gasteiger partial charge is 0.168 e. The molecule has 0 bridgehead atoms. The number of ether oxygens (including phenoxy) is 1. The van der Waals surface area contributed by atoms with Gasteiger partial charge in [-0.3, -0.25) is 4.79 Å². The van der Waals surface area contributed by atoms with E-state index in [1.807, 2.05) is 0 Å². The van der Waals surface area contributed by atoms with Gasteiger partial charge in [0, 0.05) is 11.5 Å². The van der Waals surface area contributed by atoms with Crippen molar-refractivity contribution in [3.8, 4) is 5.75 Å². The first kappa shape index (κ1) is 12.2. The van der Waals surface area contributed by atoms with Crippen molar-refractivity contribution in [1.29, 1.82) is 0 Å². The van der Waals surface area contributed by atoms with Crippen LogP contribution in [0.2, 0.25) is 0 Å². The van der Waals surface area contributed by atoms with Crippen LogP contribution in [0.15, 0.2) is 16.6 Å². The van der Waals surface area contributed by atoms with E-state index in [1.165, 1.54) is 13.2 Å². The van der Waals surface area contributed by atoms with Gasteiger partial charge in [-0.1, -0.05) is 13.8 Å². The third-order valence-corrected chi connectivity index (χ3v) is 2.60. The molecule has 0 atom stereocenters. The average Bonchev–Trinajstić information content (AvgIpc) is 2.15. The van der Waals surface area contributed by atoms with E-state index in [0.29, 0.717) is 10.0 Å². The maximum atomic E-state index is 13.4. The van der Waals surface area contributed by atoms with Crippen LogP contribution in [0.25, 0.3) is 0 Å². The lowest BCUT2D eigenvalue weighted by molar-refractivity contribution is 0.0939. The van der Waals surface area contributed by atoms with Gasteiger partial charge in [0.25, 0.3) is 0 Å². The van der Waals surface area contributed by atoms with Gasteiger partial charge >= 0.3 is 0 Å². The van der Waals surface area contributed by atoms with Crippen molar-refractivity contribution in [2.45, 2.75) is 13.8 Å². The SMILES string of the molecule is COc1c(F)cc(C(=O)C(C)C)cc1Br. The van der Waals surface area contributed by atoms with Crippen molar-refractivity contribution in [2.75, 3.05) is 7.11 Å². The lowest BCUT2D eigenvalue weighted by Crippen LogP contribution is -2.08. The number of benzene rings is 1. The van der Waals surface area contributed by atoms with Crippen molar-refractivity contribution in [2.24, 2.45) is 5.92 Å². The van der Waals surface area contributed by atoms with Gasteiger partial charge in [-0.05, 0) is 28.1 Å². The van der Waals surface area contributed by atoms with Crippen molar-refractivity contribution in [3.05, 3.63) is 28.0 Å². The number of rotatable bonds is 3. The van der Waals surface area contributed by atoms with E-state index >= 15 is 0 Å². The van der Waals surface area contributed by atoms with Gasteiger partial charge < -0.3 is 4.74 Å². The second kappa shape index (κ2) is 4.75. The zero-order chi connectivity index (χ0) is 11.6. The quantitative estimate of drug-likeness (QED) is 0.790. The predicted octanol–water partition coefficient (Wildman–Crippen LogP) is 3.44. The summed E-state index contributed by atoms with van der Waals surface area (Å²) in [4.78, 5) is 11.6. The number of carbonyl (C=O) groups is 1. The highest BCUT2D eigenvalue weighted by atomic mass is 79.9. The molecule has 4 heteroatoms. The van der Waals surface area contributed by atoms with Gasteiger partial charge in [-0.25, -0.2) is 4.39 Å². The Morgan fingerprint density at radius 1 is 1.47 bits per heavy atom. The van der Waals surface area contributed by atoms with Crippen molar-refractivity contribution < 1.29 is 13.9 Å². The Bertz CT molecular complexity index is 365. The fourth-order valence-electron chi connectivity index (χ4n) is 1.23. The molecule has 1 aromatic rings. The van der Waals surface area contributed by atoms with Crippen LogP contribution in [0.1, 0.15) is 24.2 Å². The van der Waals surface area contributed by atoms with Gasteiger partial charge in [-0.15, -0.1) is 0 Å². The van der Waals surface area contributed by atoms with Crippen LogP contribution >= 0.6 is 15.9 Å². The molecule has 0 heterocycles. The number of methoxy groups -OCH3 is 1. The molecule has 0 amide bonds. The first-order valence-corrected chi connectivity index (χ1v) is 5.34. The Kier molecular flexibility index (Phi) is 3.85. The predicted molar refractivity (Wildman–Crippen MR) is 59.8 cm³/mol. The summed E-state index contributed by atoms with van der Waals surface area (Å²) >= 11 is 3.16. The fourth-order valence-corrected chi connectivity index (χ4v) is 1.83. The lowest BCUT2D eigenvalue weighted by atomic mass is 10.0. The molecule has 0 aliphatic carbocycles. The first-order chi connectivity index (χ1) is 6.97. The molecule has 15 heavy (non-hydrogen) atoms. The summed E-state index contributed by atoms with van der Waals surface area (Å²) in [5.41, 5.74) is 0.357. The van der Waals surface area contributed by atoms with E-state index in [2.05, 4.69) is 15.9 Å². The van der Waals surface area contributed by atoms with E-state index in [0.717, 1.165) is 0 Å². The van der Waals surface area contributed by atoms with Gasteiger partial charge in [0.2, 0.25) is 0 Å². The summed E-state index contributed by atoms with van der Waals surface area (Å²) in [5, 5.41) is 0. The minimum absolute atomic E-state index is 0.0859. The van der Waals surface area contributed by atoms with Crippen molar-refractivity contribution in [3.63, 3.8) is 0 Å². The van der Waals surface area contributed by atoms with Crippen molar-refractivity contribution >= 4 is 21.7 Å². The maximum absolute atomic E-state index is 13.4. The largest absolute Gasteiger partial charge is 0.492 e. The van der Waals surface area contributed by atoms with Crippen LogP contribution < -0.4 is 4.74 Å². The molecule has 0 saturated carbocycles. The van der Waals surface area contributed by atoms with Crippen LogP contribution in [0.3, 0.4) is 0 Å². The molecule has 0 aliphatic heterocycles. The Morgan fingerprint density at radius 3 is 2.47 bits per heavy atom. The summed E-state index contributed by atoms with van der Waals surface area (Å²) in [7, 11) is 1.38. The number of ketones is 1. The molecule has 0 N–H and O–H groups in total. The molecule has 1 aromatic carbocycles. The van der Waals surface area contributed by atoms with Crippen molar-refractivity contribution in [1.82, 2.24) is 0 Å². The van der Waals surface area contributed by atoms with Gasteiger partial charge in [0.1, 0.15) is 0 Å². The van der Waals surface area contributed by atoms with Crippen LogP contribution in [0.4, 0.5) is 4.39 Å². The fraction of sp³-hybridized carbons (Fsp3) is 0.364. The van der Waals surface area contributed by atoms with Crippen LogP contribution in [0, 0.1) is 11.7 Å². The van der Waals surface area contributed by atoms with E-state index in [-0.39, 0.29) is 17.5 Å². The molecule has 0 fully saturated rings. The van der Waals surface area contributed by atoms with Crippen LogP contribution in [0.5, 0.6) is 5.75 Å². The molecule has 82 valence electrons. The van der Waals surface area contributed by atoms with E-state index in [4.69, 9.17) is 4.74 Å². The molecule has 0 aromatic heterocycles. The Balaban J connectivity index is 3.20. The molecule has 1 rings (SSSR count). The summed E-state index contributed by atoms with van der Waals surface area (Å²) in [6, 6.07) is 2.77. The third-order valence-electron chi connectivity index (χ3n) is 2.01. The Morgan fingerprint density at radius 2 is 2.07 bits per heavy atom. The third kappa shape index (κ3) is 2.56. The second-order valence-corrected chi connectivity index (χ2v) is 4.35. The number of hydrogen-bond acceptors (Lipinski definition) is 2. The van der Waals surface area contributed by atoms with Gasteiger partial charge in [0.15, 0.2) is 17.3 Å². The standard InChI is InChI=1S/C11H12BrFO2/c1-6(2)10(14)7-4-8(12)11(15-3)9(13)5-7/h4-6H,1-3H3.